The molecule has 0 aromatic heterocycles. The van der Waals surface area contributed by atoms with E-state index in [2.05, 4.69) is 75.4 Å². The van der Waals surface area contributed by atoms with E-state index in [9.17, 15) is 0 Å². The van der Waals surface area contributed by atoms with Crippen LogP contribution in [0, 0.1) is 0 Å². The zero-order chi connectivity index (χ0) is 17.1. The lowest BCUT2D eigenvalue weighted by molar-refractivity contribution is 1.18. The number of rotatable bonds is 1. The molecule has 2 aliphatic rings. The van der Waals surface area contributed by atoms with E-state index in [4.69, 9.17) is 0 Å². The number of hydrogen-bond donors (Lipinski definition) is 0. The first-order chi connectivity index (χ1) is 12.2. The van der Waals surface area contributed by atoms with Gasteiger partial charge in [-0.25, -0.2) is 0 Å². The summed E-state index contributed by atoms with van der Waals surface area (Å²) in [5.74, 6) is 0. The van der Waals surface area contributed by atoms with Crippen LogP contribution in [-0.2, 0) is 12.8 Å². The molecule has 0 aliphatic heterocycles. The van der Waals surface area contributed by atoms with Crippen LogP contribution in [0.4, 0.5) is 0 Å². The van der Waals surface area contributed by atoms with Gasteiger partial charge in [-0.3, -0.25) is 0 Å². The van der Waals surface area contributed by atoms with Gasteiger partial charge in [0.2, 0.25) is 0 Å². The Morgan fingerprint density at radius 1 is 0.880 bits per heavy atom. The minimum Gasteiger partial charge on any atom is -0.0841 e. The predicted molar refractivity (Wildman–Crippen MR) is 108 cm³/mol. The molecule has 0 radical (unpaired) electrons. The van der Waals surface area contributed by atoms with Crippen molar-refractivity contribution in [2.75, 3.05) is 0 Å². The van der Waals surface area contributed by atoms with Gasteiger partial charge in [-0.15, -0.1) is 0 Å². The quantitative estimate of drug-likeness (QED) is 0.365. The molecule has 25 heavy (non-hydrogen) atoms. The van der Waals surface area contributed by atoms with Crippen LogP contribution in [0.2, 0.25) is 0 Å². The molecule has 0 atom stereocenters. The summed E-state index contributed by atoms with van der Waals surface area (Å²) in [4.78, 5) is 0. The van der Waals surface area contributed by atoms with E-state index < -0.39 is 0 Å². The highest BCUT2D eigenvalue weighted by Crippen LogP contribution is 2.46. The van der Waals surface area contributed by atoms with Crippen LogP contribution < -0.4 is 0 Å². The van der Waals surface area contributed by atoms with Gasteiger partial charge in [-0.05, 0) is 101 Å². The fraction of sp³-hybridized carbons (Fsp3) is 0.200. The van der Waals surface area contributed by atoms with E-state index >= 15 is 0 Å². The van der Waals surface area contributed by atoms with Gasteiger partial charge in [0.15, 0.2) is 0 Å². The fourth-order valence-electron chi connectivity index (χ4n) is 4.73. The highest BCUT2D eigenvalue weighted by Gasteiger charge is 2.26. The first-order valence-corrected chi connectivity index (χ1v) is 9.17. The summed E-state index contributed by atoms with van der Waals surface area (Å²) < 4.78 is 0. The monoisotopic (exact) mass is 322 g/mol. The van der Waals surface area contributed by atoms with Crippen molar-refractivity contribution in [1.82, 2.24) is 0 Å². The molecule has 0 N–H and O–H groups in total. The Morgan fingerprint density at radius 2 is 1.64 bits per heavy atom. The normalized spacial score (nSPS) is 15.6. The van der Waals surface area contributed by atoms with E-state index in [1.165, 1.54) is 60.9 Å². The van der Waals surface area contributed by atoms with Gasteiger partial charge in [-0.1, -0.05) is 48.0 Å². The van der Waals surface area contributed by atoms with E-state index in [0.717, 1.165) is 12.8 Å². The molecule has 0 amide bonds. The second-order valence-electron chi connectivity index (χ2n) is 7.47. The maximum Gasteiger partial charge on any atom is -0.00130 e. The van der Waals surface area contributed by atoms with Crippen LogP contribution in [0.15, 0.2) is 65.8 Å². The van der Waals surface area contributed by atoms with Crippen molar-refractivity contribution < 1.29 is 0 Å². The number of allylic oxidation sites excluding steroid dienone is 4. The van der Waals surface area contributed by atoms with Gasteiger partial charge in [0.05, 0.1) is 0 Å². The molecule has 0 heterocycles. The predicted octanol–water partition coefficient (Wildman–Crippen LogP) is 6.71. The topological polar surface area (TPSA) is 0 Å². The largest absolute Gasteiger partial charge is 0.0841 e. The summed E-state index contributed by atoms with van der Waals surface area (Å²) >= 11 is 0. The molecule has 0 fully saturated rings. The Kier molecular flexibility index (Phi) is 3.06. The maximum atomic E-state index is 2.47. The van der Waals surface area contributed by atoms with Crippen LogP contribution in [0.1, 0.15) is 43.0 Å². The summed E-state index contributed by atoms with van der Waals surface area (Å²) in [7, 11) is 0. The number of hydrogen-bond acceptors (Lipinski definition) is 0. The maximum absolute atomic E-state index is 2.47. The van der Waals surface area contributed by atoms with E-state index in [-0.39, 0.29) is 0 Å². The minimum atomic E-state index is 1.06. The first kappa shape index (κ1) is 14.7. The summed E-state index contributed by atoms with van der Waals surface area (Å²) in [5, 5.41) is 2.74. The van der Waals surface area contributed by atoms with Crippen molar-refractivity contribution in [2.45, 2.75) is 33.6 Å². The fourth-order valence-corrected chi connectivity index (χ4v) is 4.73. The molecule has 0 heteroatoms. The summed E-state index contributed by atoms with van der Waals surface area (Å²) in [5.41, 5.74) is 13.2. The molecule has 0 spiro atoms. The van der Waals surface area contributed by atoms with Crippen molar-refractivity contribution in [3.63, 3.8) is 0 Å². The van der Waals surface area contributed by atoms with Gasteiger partial charge >= 0.3 is 0 Å². The lowest BCUT2D eigenvalue weighted by atomic mass is 9.93. The Hall–Kier alpha value is -2.60. The molecule has 2 aliphatic carbocycles. The van der Waals surface area contributed by atoms with Crippen molar-refractivity contribution in [2.24, 2.45) is 0 Å². The molecule has 0 bridgehead atoms. The van der Waals surface area contributed by atoms with Crippen LogP contribution in [0.5, 0.6) is 0 Å². The molecule has 0 unspecified atom stereocenters. The highest BCUT2D eigenvalue weighted by molar-refractivity contribution is 6.02. The SMILES string of the molecule is CC=C(C)C1=C(C)Cc2cc3c(cc21)Cc1ccc2ccccc2c1-3. The third-order valence-corrected chi connectivity index (χ3v) is 5.97. The van der Waals surface area contributed by atoms with Gasteiger partial charge in [-0.2, -0.15) is 0 Å². The third kappa shape index (κ3) is 2.00. The van der Waals surface area contributed by atoms with Gasteiger partial charge in [0.25, 0.3) is 0 Å². The van der Waals surface area contributed by atoms with Crippen LogP contribution in [0.25, 0.3) is 27.5 Å². The van der Waals surface area contributed by atoms with Gasteiger partial charge in [0, 0.05) is 0 Å². The Labute approximate surface area is 149 Å². The molecular weight excluding hydrogens is 300 g/mol. The number of benzene rings is 3. The smallest absolute Gasteiger partial charge is 0.00130 e. The lowest BCUT2D eigenvalue weighted by Gasteiger charge is -2.11. The molecule has 0 nitrogen and oxygen atoms in total. The lowest BCUT2D eigenvalue weighted by Crippen LogP contribution is -1.91. The zero-order valence-corrected chi connectivity index (χ0v) is 15.1. The highest BCUT2D eigenvalue weighted by atomic mass is 14.3. The standard InChI is InChI=1S/C25H22/c1-4-15(2)24-16(3)11-19-13-23-20(14-22(19)24)12-18-10-9-17-7-5-6-8-21(17)25(18)23/h4-10,13-14H,11-12H2,1-3H3. The molecule has 122 valence electrons. The molecule has 5 rings (SSSR count). The van der Waals surface area contributed by atoms with E-state index in [0.29, 0.717) is 0 Å². The van der Waals surface area contributed by atoms with Crippen molar-refractivity contribution >= 4 is 16.3 Å². The number of fused-ring (bicyclic) bond motifs is 6. The summed E-state index contributed by atoms with van der Waals surface area (Å²) in [6.07, 6.45) is 4.39. The van der Waals surface area contributed by atoms with Crippen molar-refractivity contribution in [3.8, 4) is 11.1 Å². The van der Waals surface area contributed by atoms with Crippen molar-refractivity contribution in [1.29, 1.82) is 0 Å². The Morgan fingerprint density at radius 3 is 2.48 bits per heavy atom. The average molecular weight is 322 g/mol. The summed E-state index contributed by atoms with van der Waals surface area (Å²) in [6.45, 7) is 6.67. The molecule has 0 saturated heterocycles. The third-order valence-electron chi connectivity index (χ3n) is 5.97. The molecule has 0 saturated carbocycles. The Bertz CT molecular complexity index is 1110. The minimum absolute atomic E-state index is 1.06. The second-order valence-corrected chi connectivity index (χ2v) is 7.47. The molecule has 3 aromatic rings. The zero-order valence-electron chi connectivity index (χ0n) is 15.1. The Balaban J connectivity index is 1.75. The van der Waals surface area contributed by atoms with Gasteiger partial charge < -0.3 is 0 Å². The van der Waals surface area contributed by atoms with E-state index in [1.54, 1.807) is 0 Å². The van der Waals surface area contributed by atoms with Gasteiger partial charge in [0.1, 0.15) is 0 Å². The van der Waals surface area contributed by atoms with E-state index in [1.807, 2.05) is 0 Å². The average Bonchev–Trinajstić information content (AvgIpc) is 3.15. The summed E-state index contributed by atoms with van der Waals surface area (Å²) in [6, 6.07) is 18.3. The molecular formula is C25H22. The first-order valence-electron chi connectivity index (χ1n) is 9.17. The molecule has 3 aromatic carbocycles. The van der Waals surface area contributed by atoms with Crippen LogP contribution in [-0.4, -0.2) is 0 Å². The van der Waals surface area contributed by atoms with Crippen molar-refractivity contribution in [3.05, 3.63) is 88.0 Å². The van der Waals surface area contributed by atoms with Crippen LogP contribution in [0.3, 0.4) is 0 Å². The second kappa shape index (κ2) is 5.20. The van der Waals surface area contributed by atoms with Crippen LogP contribution >= 0.6 is 0 Å².